The van der Waals surface area contributed by atoms with Crippen molar-refractivity contribution < 1.29 is 5.11 Å². The van der Waals surface area contributed by atoms with E-state index in [4.69, 9.17) is 4.99 Å². The largest absolute Gasteiger partial charge is 0.493 e. The predicted octanol–water partition coefficient (Wildman–Crippen LogP) is 6.08. The van der Waals surface area contributed by atoms with Gasteiger partial charge in [-0.1, -0.05) is 72.0 Å². The average molecular weight is 410 g/mol. The molecule has 0 spiro atoms. The summed E-state index contributed by atoms with van der Waals surface area (Å²) in [7, 11) is 0. The molecule has 1 aromatic heterocycles. The van der Waals surface area contributed by atoms with Gasteiger partial charge in [0.25, 0.3) is 0 Å². The molecule has 146 valence electrons. The topological polar surface area (TPSA) is 49.9 Å². The molecule has 1 aliphatic heterocycles. The zero-order valence-corrected chi connectivity index (χ0v) is 17.0. The number of hydrogen-bond acceptors (Lipinski definition) is 4. The third-order valence-corrected chi connectivity index (χ3v) is 6.06. The Hall–Kier alpha value is -3.70. The number of benzene rings is 3. The molecule has 0 radical (unpaired) electrons. The SMILES string of the molecule is C=CCn1c(O)c(/C=C2\C=Nc3ccccc32)sc1=Nc1cccc2ccccc12. The van der Waals surface area contributed by atoms with Gasteiger partial charge in [0.05, 0.1) is 16.3 Å². The van der Waals surface area contributed by atoms with Crippen LogP contribution in [-0.2, 0) is 6.54 Å². The zero-order valence-electron chi connectivity index (χ0n) is 16.2. The van der Waals surface area contributed by atoms with Crippen molar-refractivity contribution in [3.8, 4) is 5.88 Å². The Labute approximate surface area is 178 Å². The van der Waals surface area contributed by atoms with E-state index in [1.807, 2.05) is 60.8 Å². The molecule has 0 aliphatic carbocycles. The van der Waals surface area contributed by atoms with Gasteiger partial charge in [-0.05, 0) is 23.6 Å². The minimum atomic E-state index is 0.184. The van der Waals surface area contributed by atoms with Crippen molar-refractivity contribution in [3.05, 3.63) is 94.6 Å². The summed E-state index contributed by atoms with van der Waals surface area (Å²) in [5.41, 5.74) is 3.86. The van der Waals surface area contributed by atoms with E-state index in [2.05, 4.69) is 29.8 Å². The molecule has 30 heavy (non-hydrogen) atoms. The molecule has 0 fully saturated rings. The summed E-state index contributed by atoms with van der Waals surface area (Å²) in [6.45, 7) is 4.30. The van der Waals surface area contributed by atoms with Crippen molar-refractivity contribution >= 4 is 51.3 Å². The van der Waals surface area contributed by atoms with E-state index in [0.717, 1.165) is 43.0 Å². The van der Waals surface area contributed by atoms with Crippen LogP contribution in [0.1, 0.15) is 10.4 Å². The van der Waals surface area contributed by atoms with Crippen molar-refractivity contribution in [1.29, 1.82) is 0 Å². The highest BCUT2D eigenvalue weighted by Gasteiger charge is 2.15. The molecular weight excluding hydrogens is 390 g/mol. The van der Waals surface area contributed by atoms with Crippen molar-refractivity contribution in [3.63, 3.8) is 0 Å². The fourth-order valence-corrected chi connectivity index (χ4v) is 4.60. The number of hydrogen-bond donors (Lipinski definition) is 1. The van der Waals surface area contributed by atoms with Crippen LogP contribution in [0.2, 0.25) is 0 Å². The Morgan fingerprint density at radius 1 is 1.03 bits per heavy atom. The monoisotopic (exact) mass is 409 g/mol. The van der Waals surface area contributed by atoms with Crippen molar-refractivity contribution in [2.75, 3.05) is 0 Å². The van der Waals surface area contributed by atoms with Crippen LogP contribution in [0.15, 0.2) is 89.4 Å². The van der Waals surface area contributed by atoms with Crippen LogP contribution in [0, 0.1) is 0 Å². The van der Waals surface area contributed by atoms with Gasteiger partial charge >= 0.3 is 0 Å². The lowest BCUT2D eigenvalue weighted by Crippen LogP contribution is -2.12. The van der Waals surface area contributed by atoms with E-state index in [1.54, 1.807) is 10.6 Å². The molecule has 3 aromatic carbocycles. The lowest BCUT2D eigenvalue weighted by molar-refractivity contribution is 0.421. The summed E-state index contributed by atoms with van der Waals surface area (Å²) in [6, 6.07) is 22.2. The first-order chi connectivity index (χ1) is 14.7. The second-order valence-corrected chi connectivity index (χ2v) is 7.97. The molecule has 2 heterocycles. The Bertz CT molecular complexity index is 1400. The highest BCUT2D eigenvalue weighted by Crippen LogP contribution is 2.34. The minimum Gasteiger partial charge on any atom is -0.493 e. The third kappa shape index (κ3) is 3.19. The van der Waals surface area contributed by atoms with Crippen LogP contribution >= 0.6 is 11.3 Å². The summed E-state index contributed by atoms with van der Waals surface area (Å²) in [4.78, 5) is 10.8. The molecular formula is C25H19N3OS. The molecule has 4 aromatic rings. The minimum absolute atomic E-state index is 0.184. The van der Waals surface area contributed by atoms with Gasteiger partial charge in [-0.15, -0.1) is 6.58 Å². The molecule has 1 N–H and O–H groups in total. The van der Waals surface area contributed by atoms with Crippen LogP contribution < -0.4 is 4.80 Å². The number of allylic oxidation sites excluding steroid dienone is 2. The smallest absolute Gasteiger partial charge is 0.211 e. The first kappa shape index (κ1) is 18.3. The molecule has 1 aliphatic rings. The standard InChI is InChI=1S/C25H19N3OS/c1-2-14-28-24(29)23(15-18-16-26-21-12-6-5-11-20(18)21)30-25(28)27-22-13-7-9-17-8-3-4-10-19(17)22/h2-13,15-16,29H,1,14H2/b18-15+,27-25?. The molecule has 5 rings (SSSR count). The Balaban J connectivity index is 1.67. The van der Waals surface area contributed by atoms with Crippen LogP contribution in [0.5, 0.6) is 5.88 Å². The Morgan fingerprint density at radius 2 is 1.83 bits per heavy atom. The molecule has 5 heteroatoms. The Kier molecular flexibility index (Phi) is 4.65. The first-order valence-electron chi connectivity index (χ1n) is 9.66. The van der Waals surface area contributed by atoms with Gasteiger partial charge in [0, 0.05) is 29.3 Å². The van der Waals surface area contributed by atoms with Crippen LogP contribution in [0.3, 0.4) is 0 Å². The summed E-state index contributed by atoms with van der Waals surface area (Å²) in [5, 5.41) is 13.1. The lowest BCUT2D eigenvalue weighted by Gasteiger charge is -2.03. The molecule has 0 saturated carbocycles. The van der Waals surface area contributed by atoms with Crippen molar-refractivity contribution in [1.82, 2.24) is 4.57 Å². The maximum Gasteiger partial charge on any atom is 0.211 e. The van der Waals surface area contributed by atoms with Gasteiger partial charge in [0.15, 0.2) is 4.80 Å². The third-order valence-electron chi connectivity index (χ3n) is 5.05. The van der Waals surface area contributed by atoms with E-state index in [1.165, 1.54) is 11.3 Å². The summed E-state index contributed by atoms with van der Waals surface area (Å²) in [6.07, 6.45) is 5.57. The second-order valence-electron chi connectivity index (χ2n) is 6.96. The molecule has 0 unspecified atom stereocenters. The van der Waals surface area contributed by atoms with E-state index >= 15 is 0 Å². The number of aliphatic imine (C=N–C) groups is 1. The molecule has 0 amide bonds. The summed E-state index contributed by atoms with van der Waals surface area (Å²) < 4.78 is 1.78. The fourth-order valence-electron chi connectivity index (χ4n) is 3.60. The Morgan fingerprint density at radius 3 is 2.73 bits per heavy atom. The van der Waals surface area contributed by atoms with Crippen molar-refractivity contribution in [2.45, 2.75) is 6.54 Å². The zero-order chi connectivity index (χ0) is 20.5. The number of nitrogens with zero attached hydrogens (tertiary/aromatic N) is 3. The number of aromatic nitrogens is 1. The number of thiazole rings is 1. The van der Waals surface area contributed by atoms with Crippen LogP contribution in [-0.4, -0.2) is 15.9 Å². The molecule has 0 saturated heterocycles. The highest BCUT2D eigenvalue weighted by molar-refractivity contribution is 7.10. The lowest BCUT2D eigenvalue weighted by atomic mass is 10.1. The first-order valence-corrected chi connectivity index (χ1v) is 10.5. The molecule has 4 nitrogen and oxygen atoms in total. The summed E-state index contributed by atoms with van der Waals surface area (Å²) in [5.74, 6) is 0.184. The van der Waals surface area contributed by atoms with Gasteiger partial charge in [-0.3, -0.25) is 9.56 Å². The quantitative estimate of drug-likeness (QED) is 0.408. The van der Waals surface area contributed by atoms with Crippen LogP contribution in [0.25, 0.3) is 22.4 Å². The van der Waals surface area contributed by atoms with Gasteiger partial charge in [0.2, 0.25) is 5.88 Å². The predicted molar refractivity (Wildman–Crippen MR) is 126 cm³/mol. The maximum atomic E-state index is 10.9. The van der Waals surface area contributed by atoms with Gasteiger partial charge < -0.3 is 5.11 Å². The number of aromatic hydroxyl groups is 1. The van der Waals surface area contributed by atoms with E-state index in [9.17, 15) is 5.11 Å². The molecule has 0 bridgehead atoms. The number of rotatable bonds is 4. The van der Waals surface area contributed by atoms with Crippen LogP contribution in [0.4, 0.5) is 11.4 Å². The van der Waals surface area contributed by atoms with E-state index in [-0.39, 0.29) is 5.88 Å². The number of fused-ring (bicyclic) bond motifs is 2. The number of para-hydroxylation sites is 1. The van der Waals surface area contributed by atoms with E-state index in [0.29, 0.717) is 6.54 Å². The van der Waals surface area contributed by atoms with Gasteiger partial charge in [0.1, 0.15) is 0 Å². The fraction of sp³-hybridized carbons (Fsp3) is 0.0400. The second kappa shape index (κ2) is 7.61. The molecule has 0 atom stereocenters. The normalized spacial score (nSPS) is 14.5. The summed E-state index contributed by atoms with van der Waals surface area (Å²) >= 11 is 1.45. The van der Waals surface area contributed by atoms with Crippen molar-refractivity contribution in [2.24, 2.45) is 9.98 Å². The van der Waals surface area contributed by atoms with E-state index < -0.39 is 0 Å². The highest BCUT2D eigenvalue weighted by atomic mass is 32.1. The maximum absolute atomic E-state index is 10.9. The average Bonchev–Trinajstić information content (AvgIpc) is 3.31. The van der Waals surface area contributed by atoms with Gasteiger partial charge in [-0.2, -0.15) is 0 Å². The van der Waals surface area contributed by atoms with Gasteiger partial charge in [-0.25, -0.2) is 4.99 Å².